The number of nitrogens with zero attached hydrogens (tertiary/aromatic N) is 2. The van der Waals surface area contributed by atoms with Gasteiger partial charge in [-0.2, -0.15) is 0 Å². The van der Waals surface area contributed by atoms with Crippen molar-refractivity contribution in [1.82, 2.24) is 0 Å². The van der Waals surface area contributed by atoms with Crippen LogP contribution < -0.4 is 4.90 Å². The summed E-state index contributed by atoms with van der Waals surface area (Å²) in [5.41, 5.74) is 0.844. The Kier molecular flexibility index (Phi) is 3.32. The van der Waals surface area contributed by atoms with Gasteiger partial charge in [0.05, 0.1) is 10.5 Å². The highest BCUT2D eigenvalue weighted by atomic mass is 16.6. The average molecular weight is 248 g/mol. The molecule has 0 saturated heterocycles. The molecule has 1 fully saturated rings. The standard InChI is InChI=1S/C13H16N2O3/c1-9-5-10(9)7-14(2)12-3-4-13(15(17)18)11(6-12)8-16/h3-4,6,8-10H,5,7H2,1-2H3. The molecular formula is C13H16N2O3. The Labute approximate surface area is 106 Å². The van der Waals surface area contributed by atoms with Gasteiger partial charge in [-0.1, -0.05) is 6.92 Å². The fourth-order valence-electron chi connectivity index (χ4n) is 2.15. The van der Waals surface area contributed by atoms with Crippen LogP contribution in [0.3, 0.4) is 0 Å². The van der Waals surface area contributed by atoms with Crippen LogP contribution in [0.4, 0.5) is 11.4 Å². The van der Waals surface area contributed by atoms with E-state index in [1.54, 1.807) is 12.1 Å². The summed E-state index contributed by atoms with van der Waals surface area (Å²) in [7, 11) is 1.95. The van der Waals surface area contributed by atoms with E-state index in [0.717, 1.165) is 18.2 Å². The Hall–Kier alpha value is -1.91. The summed E-state index contributed by atoms with van der Waals surface area (Å²) in [5.74, 6) is 1.46. The quantitative estimate of drug-likeness (QED) is 0.456. The Balaban J connectivity index is 2.18. The first kappa shape index (κ1) is 12.5. The molecule has 1 aromatic rings. The fraction of sp³-hybridized carbons (Fsp3) is 0.462. The maximum Gasteiger partial charge on any atom is 0.280 e. The molecule has 2 unspecified atom stereocenters. The van der Waals surface area contributed by atoms with E-state index in [1.165, 1.54) is 12.5 Å². The van der Waals surface area contributed by atoms with Crippen LogP contribution in [0.1, 0.15) is 23.7 Å². The summed E-state index contributed by atoms with van der Waals surface area (Å²) in [6, 6.07) is 4.67. The molecule has 0 spiro atoms. The second-order valence-corrected chi connectivity index (χ2v) is 4.97. The zero-order chi connectivity index (χ0) is 13.3. The summed E-state index contributed by atoms with van der Waals surface area (Å²) < 4.78 is 0. The van der Waals surface area contributed by atoms with Crippen molar-refractivity contribution in [3.05, 3.63) is 33.9 Å². The van der Waals surface area contributed by atoms with Gasteiger partial charge in [-0.15, -0.1) is 0 Å². The smallest absolute Gasteiger partial charge is 0.280 e. The Morgan fingerprint density at radius 2 is 2.22 bits per heavy atom. The molecular weight excluding hydrogens is 232 g/mol. The topological polar surface area (TPSA) is 63.4 Å². The van der Waals surface area contributed by atoms with Gasteiger partial charge in [0.2, 0.25) is 0 Å². The summed E-state index contributed by atoms with van der Waals surface area (Å²) >= 11 is 0. The van der Waals surface area contributed by atoms with E-state index < -0.39 is 4.92 Å². The SMILES string of the molecule is CC1CC1CN(C)c1ccc([N+](=O)[O-])c(C=O)c1. The van der Waals surface area contributed by atoms with Gasteiger partial charge in [-0.25, -0.2) is 0 Å². The summed E-state index contributed by atoms with van der Waals surface area (Å²) in [5, 5.41) is 10.7. The maximum absolute atomic E-state index is 10.9. The molecule has 0 aromatic heterocycles. The lowest BCUT2D eigenvalue weighted by Gasteiger charge is -2.19. The van der Waals surface area contributed by atoms with E-state index in [1.807, 2.05) is 11.9 Å². The number of aldehydes is 1. The molecule has 1 aromatic carbocycles. The number of nitro groups is 1. The van der Waals surface area contributed by atoms with Gasteiger partial charge in [0.25, 0.3) is 5.69 Å². The first-order valence-corrected chi connectivity index (χ1v) is 5.97. The number of hydrogen-bond acceptors (Lipinski definition) is 4. The van der Waals surface area contributed by atoms with Gasteiger partial charge in [0.15, 0.2) is 6.29 Å². The number of nitro benzene ring substituents is 1. The number of rotatable bonds is 5. The maximum atomic E-state index is 10.9. The minimum atomic E-state index is -0.531. The molecule has 0 N–H and O–H groups in total. The molecule has 0 bridgehead atoms. The number of hydrogen-bond donors (Lipinski definition) is 0. The predicted octanol–water partition coefficient (Wildman–Crippen LogP) is 2.50. The third-order valence-corrected chi connectivity index (χ3v) is 3.56. The number of carbonyl (C=O) groups excluding carboxylic acids is 1. The Morgan fingerprint density at radius 3 is 2.72 bits per heavy atom. The van der Waals surface area contributed by atoms with Crippen molar-refractivity contribution in [3.8, 4) is 0 Å². The zero-order valence-corrected chi connectivity index (χ0v) is 10.5. The zero-order valence-electron chi connectivity index (χ0n) is 10.5. The van der Waals surface area contributed by atoms with Crippen molar-refractivity contribution in [2.24, 2.45) is 11.8 Å². The lowest BCUT2D eigenvalue weighted by molar-refractivity contribution is -0.385. The Bertz CT molecular complexity index is 487. The third-order valence-electron chi connectivity index (χ3n) is 3.56. The number of benzene rings is 1. The third kappa shape index (κ3) is 2.50. The minimum absolute atomic E-state index is 0.133. The van der Waals surface area contributed by atoms with Crippen molar-refractivity contribution in [1.29, 1.82) is 0 Å². The molecule has 2 atom stereocenters. The number of carbonyl (C=O) groups is 1. The molecule has 1 aliphatic carbocycles. The molecule has 1 aliphatic rings. The van der Waals surface area contributed by atoms with Crippen LogP contribution in [-0.2, 0) is 0 Å². The highest BCUT2D eigenvalue weighted by molar-refractivity contribution is 5.83. The normalized spacial score (nSPS) is 21.4. The van der Waals surface area contributed by atoms with Crippen molar-refractivity contribution in [2.45, 2.75) is 13.3 Å². The van der Waals surface area contributed by atoms with E-state index in [4.69, 9.17) is 0 Å². The van der Waals surface area contributed by atoms with E-state index in [2.05, 4.69) is 6.92 Å². The summed E-state index contributed by atoms with van der Waals surface area (Å²) in [6.45, 7) is 3.14. The summed E-state index contributed by atoms with van der Waals surface area (Å²) in [4.78, 5) is 23.1. The van der Waals surface area contributed by atoms with Gasteiger partial charge in [-0.3, -0.25) is 14.9 Å². The lowest BCUT2D eigenvalue weighted by atomic mass is 10.1. The van der Waals surface area contributed by atoms with Gasteiger partial charge in [0, 0.05) is 25.3 Å². The van der Waals surface area contributed by atoms with Crippen LogP contribution in [0.5, 0.6) is 0 Å². The Morgan fingerprint density at radius 1 is 1.56 bits per heavy atom. The first-order valence-electron chi connectivity index (χ1n) is 5.97. The van der Waals surface area contributed by atoms with Crippen LogP contribution in [-0.4, -0.2) is 24.8 Å². The fourth-order valence-corrected chi connectivity index (χ4v) is 2.15. The van der Waals surface area contributed by atoms with E-state index in [-0.39, 0.29) is 11.3 Å². The molecule has 5 nitrogen and oxygen atoms in total. The second-order valence-electron chi connectivity index (χ2n) is 4.97. The highest BCUT2D eigenvalue weighted by Gasteiger charge is 2.33. The molecule has 0 heterocycles. The molecule has 96 valence electrons. The summed E-state index contributed by atoms with van der Waals surface area (Å²) in [6.07, 6.45) is 1.77. The van der Waals surface area contributed by atoms with Crippen LogP contribution in [0.15, 0.2) is 18.2 Å². The van der Waals surface area contributed by atoms with Gasteiger partial charge < -0.3 is 4.90 Å². The van der Waals surface area contributed by atoms with Crippen molar-refractivity contribution in [2.75, 3.05) is 18.5 Å². The van der Waals surface area contributed by atoms with Crippen LogP contribution in [0.25, 0.3) is 0 Å². The predicted molar refractivity (Wildman–Crippen MR) is 69.0 cm³/mol. The van der Waals surface area contributed by atoms with Crippen LogP contribution in [0, 0.1) is 22.0 Å². The van der Waals surface area contributed by atoms with Crippen molar-refractivity contribution >= 4 is 17.7 Å². The molecule has 2 rings (SSSR count). The van der Waals surface area contributed by atoms with E-state index >= 15 is 0 Å². The molecule has 18 heavy (non-hydrogen) atoms. The average Bonchev–Trinajstić information content (AvgIpc) is 3.03. The van der Waals surface area contributed by atoms with Crippen LogP contribution in [0.2, 0.25) is 0 Å². The van der Waals surface area contributed by atoms with Gasteiger partial charge >= 0.3 is 0 Å². The molecule has 0 radical (unpaired) electrons. The van der Waals surface area contributed by atoms with Gasteiger partial charge in [0.1, 0.15) is 0 Å². The molecule has 5 heteroatoms. The molecule has 0 amide bonds. The van der Waals surface area contributed by atoms with Crippen molar-refractivity contribution < 1.29 is 9.72 Å². The van der Waals surface area contributed by atoms with Gasteiger partial charge in [-0.05, 0) is 30.4 Å². The van der Waals surface area contributed by atoms with E-state index in [9.17, 15) is 14.9 Å². The molecule has 1 saturated carbocycles. The lowest BCUT2D eigenvalue weighted by Crippen LogP contribution is -2.20. The first-order chi connectivity index (χ1) is 8.52. The monoisotopic (exact) mass is 248 g/mol. The molecule has 0 aliphatic heterocycles. The minimum Gasteiger partial charge on any atom is -0.374 e. The largest absolute Gasteiger partial charge is 0.374 e. The highest BCUT2D eigenvalue weighted by Crippen LogP contribution is 2.38. The second kappa shape index (κ2) is 4.76. The van der Waals surface area contributed by atoms with Crippen molar-refractivity contribution in [3.63, 3.8) is 0 Å². The van der Waals surface area contributed by atoms with E-state index in [0.29, 0.717) is 12.2 Å². The number of anilines is 1. The van der Waals surface area contributed by atoms with Crippen LogP contribution >= 0.6 is 0 Å².